The predicted octanol–water partition coefficient (Wildman–Crippen LogP) is 1.68. The topological polar surface area (TPSA) is 40.6 Å². The molecule has 1 aromatic heterocycles. The largest absolute Gasteiger partial charge is 0.378 e. The van der Waals surface area contributed by atoms with Crippen molar-refractivity contribution in [2.24, 2.45) is 0 Å². The zero-order valence-corrected chi connectivity index (χ0v) is 14.1. The second-order valence-corrected chi connectivity index (χ2v) is 7.37. The van der Waals surface area contributed by atoms with E-state index < -0.39 is 0 Å². The van der Waals surface area contributed by atoms with Crippen molar-refractivity contribution in [2.45, 2.75) is 44.5 Å². The van der Waals surface area contributed by atoms with Crippen molar-refractivity contribution in [3.8, 4) is 0 Å². The Morgan fingerprint density at radius 3 is 2.81 bits per heavy atom. The Hall–Kier alpha value is -0.690. The van der Waals surface area contributed by atoms with Gasteiger partial charge in [0.25, 0.3) is 0 Å². The highest BCUT2D eigenvalue weighted by molar-refractivity contribution is 7.15. The van der Waals surface area contributed by atoms with E-state index in [0.717, 1.165) is 31.4 Å². The second kappa shape index (κ2) is 6.60. The van der Waals surface area contributed by atoms with Gasteiger partial charge >= 0.3 is 0 Å². The number of nitrogens with zero attached hydrogens (tertiary/aromatic N) is 3. The maximum Gasteiger partial charge on any atom is 0.185 e. The van der Waals surface area contributed by atoms with Crippen LogP contribution in [0, 0.1) is 0 Å². The lowest BCUT2D eigenvalue weighted by molar-refractivity contribution is 0.181. The molecule has 1 aliphatic heterocycles. The van der Waals surface area contributed by atoms with Crippen LogP contribution in [0.15, 0.2) is 0 Å². The Morgan fingerprint density at radius 2 is 2.19 bits per heavy atom. The molecule has 0 amide bonds. The lowest BCUT2D eigenvalue weighted by Crippen LogP contribution is -2.31. The molecule has 1 saturated carbocycles. The number of nitrogens with one attached hydrogen (secondary N) is 1. The minimum atomic E-state index is 0.614. The van der Waals surface area contributed by atoms with Gasteiger partial charge in [-0.2, -0.15) is 0 Å². The summed E-state index contributed by atoms with van der Waals surface area (Å²) in [7, 11) is 6.07. The fourth-order valence-electron chi connectivity index (χ4n) is 2.75. The fourth-order valence-corrected chi connectivity index (χ4v) is 3.80. The van der Waals surface area contributed by atoms with Crippen LogP contribution in [-0.4, -0.2) is 56.3 Å². The third kappa shape index (κ3) is 3.74. The Morgan fingerprint density at radius 1 is 1.38 bits per heavy atom. The number of likely N-dealkylation sites (N-methyl/N-ethyl adjacent to an activating group) is 1. The normalized spacial score (nSPS) is 22.5. The Labute approximate surface area is 131 Å². The van der Waals surface area contributed by atoms with Gasteiger partial charge in [0.1, 0.15) is 0 Å². The summed E-state index contributed by atoms with van der Waals surface area (Å²) in [5.41, 5.74) is 1.11. The summed E-state index contributed by atoms with van der Waals surface area (Å²) >= 11 is 1.83. The summed E-state index contributed by atoms with van der Waals surface area (Å²) in [6, 6.07) is 1.38. The van der Waals surface area contributed by atoms with Crippen molar-refractivity contribution in [1.82, 2.24) is 15.2 Å². The first-order valence-electron chi connectivity index (χ1n) is 7.79. The molecule has 0 radical (unpaired) electrons. The van der Waals surface area contributed by atoms with Crippen molar-refractivity contribution in [2.75, 3.05) is 39.2 Å². The predicted molar refractivity (Wildman–Crippen MR) is 87.0 cm³/mol. The molecule has 21 heavy (non-hydrogen) atoms. The van der Waals surface area contributed by atoms with E-state index in [4.69, 9.17) is 9.72 Å². The molecule has 1 aromatic rings. The minimum Gasteiger partial charge on any atom is -0.378 e. The molecular formula is C15H26N4OS. The van der Waals surface area contributed by atoms with Crippen LogP contribution in [-0.2, 0) is 17.9 Å². The van der Waals surface area contributed by atoms with Crippen molar-refractivity contribution in [1.29, 1.82) is 0 Å². The second-order valence-electron chi connectivity index (χ2n) is 6.31. The Kier molecular flexibility index (Phi) is 4.78. The summed E-state index contributed by atoms with van der Waals surface area (Å²) in [5.74, 6) is 0. The van der Waals surface area contributed by atoms with Gasteiger partial charge in [-0.05, 0) is 33.4 Å². The molecule has 1 unspecified atom stereocenters. The average molecular weight is 310 g/mol. The number of anilines is 1. The maximum absolute atomic E-state index is 5.32. The van der Waals surface area contributed by atoms with Crippen molar-refractivity contribution >= 4 is 16.5 Å². The SMILES string of the molecule is COCc1nc(N2CCC(N(C)C)C2)sc1CNC1CC1. The van der Waals surface area contributed by atoms with Crippen LogP contribution in [0.1, 0.15) is 29.8 Å². The van der Waals surface area contributed by atoms with Crippen molar-refractivity contribution in [3.05, 3.63) is 10.6 Å². The highest BCUT2D eigenvalue weighted by atomic mass is 32.1. The molecule has 2 heterocycles. The number of hydrogen-bond donors (Lipinski definition) is 1. The molecule has 5 nitrogen and oxygen atoms in total. The Balaban J connectivity index is 1.68. The quantitative estimate of drug-likeness (QED) is 0.830. The molecule has 2 fully saturated rings. The van der Waals surface area contributed by atoms with E-state index in [1.165, 1.54) is 29.3 Å². The molecule has 0 spiro atoms. The van der Waals surface area contributed by atoms with E-state index >= 15 is 0 Å². The van der Waals surface area contributed by atoms with E-state index in [0.29, 0.717) is 12.6 Å². The molecule has 118 valence electrons. The number of methoxy groups -OCH3 is 1. The van der Waals surface area contributed by atoms with Gasteiger partial charge in [0.15, 0.2) is 5.13 Å². The zero-order chi connectivity index (χ0) is 14.8. The van der Waals surface area contributed by atoms with Gasteiger partial charge < -0.3 is 19.9 Å². The average Bonchev–Trinajstić information content (AvgIpc) is 3.00. The standard InChI is InChI=1S/C15H26N4OS/c1-18(2)12-6-7-19(9-12)15-17-13(10-20-3)14(21-15)8-16-11-4-5-11/h11-12,16H,4-10H2,1-3H3. The lowest BCUT2D eigenvalue weighted by atomic mass is 10.2. The smallest absolute Gasteiger partial charge is 0.185 e. The first-order chi connectivity index (χ1) is 10.2. The van der Waals surface area contributed by atoms with Crippen LogP contribution in [0.5, 0.6) is 0 Å². The molecule has 6 heteroatoms. The number of ether oxygens (including phenoxy) is 1. The Bertz CT molecular complexity index is 472. The molecule has 0 aromatic carbocycles. The third-order valence-corrected chi connectivity index (χ3v) is 5.50. The van der Waals surface area contributed by atoms with E-state index in [2.05, 4.69) is 29.2 Å². The minimum absolute atomic E-state index is 0.614. The molecular weight excluding hydrogens is 284 g/mol. The fraction of sp³-hybridized carbons (Fsp3) is 0.800. The molecule has 3 rings (SSSR count). The summed E-state index contributed by atoms with van der Waals surface area (Å²) in [6.07, 6.45) is 3.87. The third-order valence-electron chi connectivity index (χ3n) is 4.34. The first kappa shape index (κ1) is 15.2. The van der Waals surface area contributed by atoms with Gasteiger partial charge in [0, 0.05) is 43.7 Å². The molecule has 1 atom stereocenters. The number of hydrogen-bond acceptors (Lipinski definition) is 6. The van der Waals surface area contributed by atoms with Gasteiger partial charge in [-0.25, -0.2) is 4.98 Å². The van der Waals surface area contributed by atoms with Gasteiger partial charge in [-0.15, -0.1) is 11.3 Å². The number of thiazole rings is 1. The molecule has 1 aliphatic carbocycles. The summed E-state index contributed by atoms with van der Waals surface area (Å²) < 4.78 is 5.32. The number of rotatable bonds is 7. The lowest BCUT2D eigenvalue weighted by Gasteiger charge is -2.19. The van der Waals surface area contributed by atoms with Crippen LogP contribution in [0.2, 0.25) is 0 Å². The van der Waals surface area contributed by atoms with Crippen molar-refractivity contribution in [3.63, 3.8) is 0 Å². The van der Waals surface area contributed by atoms with Crippen LogP contribution >= 0.6 is 11.3 Å². The van der Waals surface area contributed by atoms with Gasteiger partial charge in [-0.1, -0.05) is 0 Å². The van der Waals surface area contributed by atoms with Crippen LogP contribution in [0.3, 0.4) is 0 Å². The monoisotopic (exact) mass is 310 g/mol. The van der Waals surface area contributed by atoms with E-state index in [1.807, 2.05) is 11.3 Å². The van der Waals surface area contributed by atoms with Gasteiger partial charge in [0.05, 0.1) is 12.3 Å². The van der Waals surface area contributed by atoms with Gasteiger partial charge in [-0.3, -0.25) is 0 Å². The van der Waals surface area contributed by atoms with Crippen LogP contribution < -0.4 is 10.2 Å². The molecule has 2 aliphatic rings. The summed E-state index contributed by atoms with van der Waals surface area (Å²) in [4.78, 5) is 10.9. The zero-order valence-electron chi connectivity index (χ0n) is 13.3. The van der Waals surface area contributed by atoms with E-state index in [1.54, 1.807) is 7.11 Å². The van der Waals surface area contributed by atoms with E-state index in [9.17, 15) is 0 Å². The van der Waals surface area contributed by atoms with Crippen LogP contribution in [0.25, 0.3) is 0 Å². The highest BCUT2D eigenvalue weighted by Crippen LogP contribution is 2.31. The first-order valence-corrected chi connectivity index (χ1v) is 8.61. The molecule has 1 saturated heterocycles. The molecule has 1 N–H and O–H groups in total. The van der Waals surface area contributed by atoms with Crippen LogP contribution in [0.4, 0.5) is 5.13 Å². The van der Waals surface area contributed by atoms with Gasteiger partial charge in [0.2, 0.25) is 0 Å². The van der Waals surface area contributed by atoms with E-state index in [-0.39, 0.29) is 0 Å². The van der Waals surface area contributed by atoms with Crippen molar-refractivity contribution < 1.29 is 4.74 Å². The summed E-state index contributed by atoms with van der Waals surface area (Å²) in [6.45, 7) is 3.75. The summed E-state index contributed by atoms with van der Waals surface area (Å²) in [5, 5.41) is 4.76. The molecule has 0 bridgehead atoms. The highest BCUT2D eigenvalue weighted by Gasteiger charge is 2.27. The maximum atomic E-state index is 5.32. The number of aromatic nitrogens is 1.